The fourth-order valence-electron chi connectivity index (χ4n) is 1.96. The molecule has 0 spiro atoms. The van der Waals surface area contributed by atoms with E-state index in [9.17, 15) is 0 Å². The van der Waals surface area contributed by atoms with Gasteiger partial charge < -0.3 is 4.74 Å². The van der Waals surface area contributed by atoms with Crippen LogP contribution in [0.5, 0.6) is 5.75 Å². The highest BCUT2D eigenvalue weighted by Gasteiger charge is 2.09. The summed E-state index contributed by atoms with van der Waals surface area (Å²) < 4.78 is 5.77. The average Bonchev–Trinajstić information content (AvgIpc) is 2.41. The van der Waals surface area contributed by atoms with Crippen LogP contribution in [-0.4, -0.2) is 6.23 Å². The van der Waals surface area contributed by atoms with E-state index in [4.69, 9.17) is 10.3 Å². The zero-order chi connectivity index (χ0) is 13.9. The first kappa shape index (κ1) is 15.4. The number of azide groups is 1. The topological polar surface area (TPSA) is 58.0 Å². The predicted molar refractivity (Wildman–Crippen MR) is 78.1 cm³/mol. The fourth-order valence-corrected chi connectivity index (χ4v) is 1.96. The third-order valence-electron chi connectivity index (χ3n) is 3.09. The number of rotatable bonds is 9. The molecule has 1 rings (SSSR count). The van der Waals surface area contributed by atoms with Crippen molar-refractivity contribution in [3.8, 4) is 5.75 Å². The summed E-state index contributed by atoms with van der Waals surface area (Å²) in [5.74, 6) is 0.799. The summed E-state index contributed by atoms with van der Waals surface area (Å²) in [6.45, 7) is 4.19. The summed E-state index contributed by atoms with van der Waals surface area (Å²) in [7, 11) is 0. The third-order valence-corrected chi connectivity index (χ3v) is 3.09. The van der Waals surface area contributed by atoms with Crippen molar-refractivity contribution < 1.29 is 4.74 Å². The van der Waals surface area contributed by atoms with Crippen LogP contribution in [0.1, 0.15) is 51.0 Å². The minimum atomic E-state index is -0.396. The molecule has 4 heteroatoms. The molecule has 1 atom stereocenters. The van der Waals surface area contributed by atoms with E-state index in [1.807, 2.05) is 31.2 Å². The molecular formula is C15H23N3O. The smallest absolute Gasteiger partial charge is 0.177 e. The van der Waals surface area contributed by atoms with Crippen molar-refractivity contribution in [1.82, 2.24) is 0 Å². The van der Waals surface area contributed by atoms with Crippen LogP contribution in [0.2, 0.25) is 0 Å². The molecule has 0 aliphatic heterocycles. The second kappa shape index (κ2) is 9.29. The summed E-state index contributed by atoms with van der Waals surface area (Å²) in [6, 6.07) is 7.79. The SMILES string of the molecule is CCCCCCCC(N=[N+]=[N-])Oc1ccccc1C. The van der Waals surface area contributed by atoms with Crippen molar-refractivity contribution in [3.63, 3.8) is 0 Å². The summed E-state index contributed by atoms with van der Waals surface area (Å²) in [6.07, 6.45) is 6.33. The quantitative estimate of drug-likeness (QED) is 0.255. The van der Waals surface area contributed by atoms with E-state index in [2.05, 4.69) is 16.9 Å². The Kier molecular flexibility index (Phi) is 7.52. The van der Waals surface area contributed by atoms with Gasteiger partial charge in [-0.15, -0.1) is 0 Å². The molecule has 19 heavy (non-hydrogen) atoms. The van der Waals surface area contributed by atoms with Crippen molar-refractivity contribution in [2.24, 2.45) is 5.11 Å². The third kappa shape index (κ3) is 6.16. The van der Waals surface area contributed by atoms with Crippen LogP contribution in [-0.2, 0) is 0 Å². The van der Waals surface area contributed by atoms with Crippen LogP contribution >= 0.6 is 0 Å². The van der Waals surface area contributed by atoms with E-state index >= 15 is 0 Å². The zero-order valence-corrected chi connectivity index (χ0v) is 11.9. The summed E-state index contributed by atoms with van der Waals surface area (Å²) in [5, 5.41) is 3.74. The van der Waals surface area contributed by atoms with Crippen LogP contribution < -0.4 is 4.74 Å². The summed E-state index contributed by atoms with van der Waals surface area (Å²) in [5.41, 5.74) is 9.66. The van der Waals surface area contributed by atoms with Gasteiger partial charge in [0.2, 0.25) is 0 Å². The second-order valence-corrected chi connectivity index (χ2v) is 4.75. The molecule has 1 aromatic rings. The maximum Gasteiger partial charge on any atom is 0.177 e. The number of aryl methyl sites for hydroxylation is 1. The Morgan fingerprint density at radius 1 is 1.21 bits per heavy atom. The van der Waals surface area contributed by atoms with E-state index < -0.39 is 6.23 Å². The molecule has 0 aromatic heterocycles. The standard InChI is InChI=1S/C15H23N3O/c1-3-4-5-6-7-12-15(17-18-16)19-14-11-9-8-10-13(14)2/h8-11,15H,3-7,12H2,1-2H3. The van der Waals surface area contributed by atoms with Crippen molar-refractivity contribution in [2.75, 3.05) is 0 Å². The molecule has 4 nitrogen and oxygen atoms in total. The molecule has 0 N–H and O–H groups in total. The summed E-state index contributed by atoms with van der Waals surface area (Å²) >= 11 is 0. The Labute approximate surface area is 115 Å². The van der Waals surface area contributed by atoms with E-state index in [0.717, 1.165) is 24.2 Å². The lowest BCUT2D eigenvalue weighted by molar-refractivity contribution is 0.193. The molecule has 0 bridgehead atoms. The molecule has 0 aliphatic rings. The highest BCUT2D eigenvalue weighted by atomic mass is 16.5. The first-order valence-corrected chi connectivity index (χ1v) is 7.04. The van der Waals surface area contributed by atoms with Gasteiger partial charge in [0.15, 0.2) is 6.23 Å². The highest BCUT2D eigenvalue weighted by Crippen LogP contribution is 2.20. The van der Waals surface area contributed by atoms with E-state index in [-0.39, 0.29) is 0 Å². The van der Waals surface area contributed by atoms with Gasteiger partial charge in [0.25, 0.3) is 0 Å². The molecule has 0 amide bonds. The first-order valence-electron chi connectivity index (χ1n) is 7.04. The molecule has 1 aromatic carbocycles. The van der Waals surface area contributed by atoms with Crippen molar-refractivity contribution in [3.05, 3.63) is 40.3 Å². The van der Waals surface area contributed by atoms with Gasteiger partial charge in [0.05, 0.1) is 0 Å². The molecular weight excluding hydrogens is 238 g/mol. The maximum atomic E-state index is 8.60. The van der Waals surface area contributed by atoms with Crippen molar-refractivity contribution in [2.45, 2.75) is 58.6 Å². The molecule has 0 saturated heterocycles. The normalized spacial score (nSPS) is 11.7. The van der Waals surface area contributed by atoms with Gasteiger partial charge in [-0.3, -0.25) is 0 Å². The molecule has 0 fully saturated rings. The van der Waals surface area contributed by atoms with Crippen LogP contribution in [0.15, 0.2) is 29.4 Å². The van der Waals surface area contributed by atoms with Crippen LogP contribution in [0.25, 0.3) is 10.4 Å². The largest absolute Gasteiger partial charge is 0.484 e. The number of benzene rings is 1. The molecule has 0 heterocycles. The number of hydrogen-bond acceptors (Lipinski definition) is 2. The number of hydrogen-bond donors (Lipinski definition) is 0. The van der Waals surface area contributed by atoms with Gasteiger partial charge in [-0.1, -0.05) is 50.8 Å². The Bertz CT molecular complexity index is 414. The summed E-state index contributed by atoms with van der Waals surface area (Å²) in [4.78, 5) is 2.88. The Morgan fingerprint density at radius 2 is 1.95 bits per heavy atom. The van der Waals surface area contributed by atoms with Crippen molar-refractivity contribution >= 4 is 0 Å². The van der Waals surface area contributed by atoms with Crippen molar-refractivity contribution in [1.29, 1.82) is 0 Å². The molecule has 1 unspecified atom stereocenters. The Hall–Kier alpha value is -1.67. The van der Waals surface area contributed by atoms with E-state index in [1.54, 1.807) is 0 Å². The van der Waals surface area contributed by atoms with Gasteiger partial charge >= 0.3 is 0 Å². The van der Waals surface area contributed by atoms with Crippen LogP contribution in [0.4, 0.5) is 0 Å². The minimum Gasteiger partial charge on any atom is -0.484 e. The average molecular weight is 261 g/mol. The number of para-hydroxylation sites is 1. The number of unbranched alkanes of at least 4 members (excludes halogenated alkanes) is 4. The highest BCUT2D eigenvalue weighted by molar-refractivity contribution is 5.31. The minimum absolute atomic E-state index is 0.396. The maximum absolute atomic E-state index is 8.60. The Morgan fingerprint density at radius 3 is 2.63 bits per heavy atom. The molecule has 0 radical (unpaired) electrons. The van der Waals surface area contributed by atoms with E-state index in [0.29, 0.717) is 0 Å². The van der Waals surface area contributed by atoms with Gasteiger partial charge in [0.1, 0.15) is 5.75 Å². The van der Waals surface area contributed by atoms with Gasteiger partial charge in [0, 0.05) is 4.91 Å². The lowest BCUT2D eigenvalue weighted by Gasteiger charge is -2.15. The van der Waals surface area contributed by atoms with Gasteiger partial charge in [-0.05, 0) is 42.0 Å². The lowest BCUT2D eigenvalue weighted by Crippen LogP contribution is -2.13. The zero-order valence-electron chi connectivity index (χ0n) is 11.9. The monoisotopic (exact) mass is 261 g/mol. The van der Waals surface area contributed by atoms with Crippen LogP contribution in [0.3, 0.4) is 0 Å². The second-order valence-electron chi connectivity index (χ2n) is 4.75. The number of ether oxygens (including phenoxy) is 1. The van der Waals surface area contributed by atoms with Crippen LogP contribution in [0, 0.1) is 6.92 Å². The molecule has 0 saturated carbocycles. The molecule has 0 aliphatic carbocycles. The number of nitrogens with zero attached hydrogens (tertiary/aromatic N) is 3. The predicted octanol–water partition coefficient (Wildman–Crippen LogP) is 5.37. The van der Waals surface area contributed by atoms with Gasteiger partial charge in [-0.2, -0.15) is 0 Å². The van der Waals surface area contributed by atoms with E-state index in [1.165, 1.54) is 25.7 Å². The fraction of sp³-hybridized carbons (Fsp3) is 0.600. The Balaban J connectivity index is 2.44. The first-order chi connectivity index (χ1) is 9.27. The molecule has 104 valence electrons. The van der Waals surface area contributed by atoms with Gasteiger partial charge in [-0.25, -0.2) is 0 Å². The lowest BCUT2D eigenvalue weighted by atomic mass is 10.1.